The van der Waals surface area contributed by atoms with E-state index in [1.807, 2.05) is 42.5 Å². The van der Waals surface area contributed by atoms with Crippen molar-refractivity contribution >= 4 is 0 Å². The van der Waals surface area contributed by atoms with E-state index in [4.69, 9.17) is 14.2 Å². The van der Waals surface area contributed by atoms with Gasteiger partial charge < -0.3 is 24.6 Å². The van der Waals surface area contributed by atoms with Crippen molar-refractivity contribution in [3.63, 3.8) is 0 Å². The Hall–Kier alpha value is -2.24. The van der Waals surface area contributed by atoms with E-state index in [2.05, 4.69) is 5.32 Å². The number of nitrogens with one attached hydrogen (secondary N) is 1. The molecule has 128 valence electrons. The van der Waals surface area contributed by atoms with Crippen molar-refractivity contribution in [2.24, 2.45) is 0 Å². The van der Waals surface area contributed by atoms with Gasteiger partial charge in [-0.15, -0.1) is 0 Å². The van der Waals surface area contributed by atoms with Crippen molar-refractivity contribution in [2.75, 3.05) is 26.9 Å². The molecule has 5 heteroatoms. The molecule has 0 saturated heterocycles. The number of hydrogen-bond acceptors (Lipinski definition) is 5. The SMILES string of the molecule is COc1ccccc1[C@@H](O)CNCc1cccc2c1OCCCO2. The molecule has 0 unspecified atom stereocenters. The first-order valence-corrected chi connectivity index (χ1v) is 8.19. The quantitative estimate of drug-likeness (QED) is 0.853. The molecule has 2 aromatic rings. The molecule has 1 aliphatic rings. The zero-order valence-electron chi connectivity index (χ0n) is 13.8. The first-order valence-electron chi connectivity index (χ1n) is 8.19. The van der Waals surface area contributed by atoms with Crippen LogP contribution < -0.4 is 19.5 Å². The van der Waals surface area contributed by atoms with E-state index in [1.54, 1.807) is 7.11 Å². The summed E-state index contributed by atoms with van der Waals surface area (Å²) >= 11 is 0. The molecule has 0 aliphatic carbocycles. The third kappa shape index (κ3) is 3.80. The van der Waals surface area contributed by atoms with E-state index in [0.29, 0.717) is 32.1 Å². The standard InChI is InChI=1S/C19H23NO4/c1-22-17-8-3-2-7-15(17)16(21)13-20-12-14-6-4-9-18-19(14)24-11-5-10-23-18/h2-4,6-9,16,20-21H,5,10-13H2,1H3/t16-/m0/s1. The molecule has 3 rings (SSSR count). The second-order valence-corrected chi connectivity index (χ2v) is 5.68. The molecular formula is C19H23NO4. The van der Waals surface area contributed by atoms with E-state index < -0.39 is 6.10 Å². The highest BCUT2D eigenvalue weighted by Crippen LogP contribution is 2.33. The van der Waals surface area contributed by atoms with Crippen molar-refractivity contribution in [3.8, 4) is 17.2 Å². The maximum atomic E-state index is 10.4. The molecule has 2 N–H and O–H groups in total. The van der Waals surface area contributed by atoms with Gasteiger partial charge in [-0.1, -0.05) is 30.3 Å². The number of aliphatic hydroxyl groups excluding tert-OH is 1. The third-order valence-electron chi connectivity index (χ3n) is 4.00. The average molecular weight is 329 g/mol. The number of fused-ring (bicyclic) bond motifs is 1. The van der Waals surface area contributed by atoms with Gasteiger partial charge in [0, 0.05) is 30.6 Å². The van der Waals surface area contributed by atoms with Crippen molar-refractivity contribution in [2.45, 2.75) is 19.1 Å². The molecule has 24 heavy (non-hydrogen) atoms. The molecule has 2 aromatic carbocycles. The van der Waals surface area contributed by atoms with Gasteiger partial charge in [0.15, 0.2) is 11.5 Å². The van der Waals surface area contributed by atoms with Crippen molar-refractivity contribution in [3.05, 3.63) is 53.6 Å². The molecule has 0 bridgehead atoms. The van der Waals surface area contributed by atoms with E-state index in [0.717, 1.165) is 29.0 Å². The number of rotatable bonds is 6. The smallest absolute Gasteiger partial charge is 0.165 e. The minimum Gasteiger partial charge on any atom is -0.496 e. The molecule has 0 radical (unpaired) electrons. The molecular weight excluding hydrogens is 306 g/mol. The van der Waals surface area contributed by atoms with Gasteiger partial charge in [-0.2, -0.15) is 0 Å². The Kier molecular flexibility index (Phi) is 5.56. The van der Waals surface area contributed by atoms with Gasteiger partial charge in [-0.25, -0.2) is 0 Å². The molecule has 0 fully saturated rings. The number of methoxy groups -OCH3 is 1. The number of aliphatic hydroxyl groups is 1. The fourth-order valence-corrected chi connectivity index (χ4v) is 2.79. The van der Waals surface area contributed by atoms with E-state index in [-0.39, 0.29) is 0 Å². The van der Waals surface area contributed by atoms with Crippen LogP contribution in [0.1, 0.15) is 23.7 Å². The summed E-state index contributed by atoms with van der Waals surface area (Å²) in [6.07, 6.45) is 0.245. The van der Waals surface area contributed by atoms with Crippen LogP contribution in [0.2, 0.25) is 0 Å². The number of hydrogen-bond donors (Lipinski definition) is 2. The van der Waals surface area contributed by atoms with Gasteiger partial charge >= 0.3 is 0 Å². The Morgan fingerprint density at radius 1 is 1.12 bits per heavy atom. The first-order chi connectivity index (χ1) is 11.8. The van der Waals surface area contributed by atoms with Crippen LogP contribution in [0.25, 0.3) is 0 Å². The topological polar surface area (TPSA) is 60.0 Å². The number of para-hydroxylation sites is 2. The summed E-state index contributed by atoms with van der Waals surface area (Å²) < 4.78 is 16.8. The molecule has 1 heterocycles. The predicted molar refractivity (Wildman–Crippen MR) is 91.7 cm³/mol. The van der Waals surface area contributed by atoms with Gasteiger partial charge in [0.05, 0.1) is 26.4 Å². The van der Waals surface area contributed by atoms with Crippen LogP contribution in [0, 0.1) is 0 Å². The van der Waals surface area contributed by atoms with Crippen LogP contribution in [0.15, 0.2) is 42.5 Å². The Morgan fingerprint density at radius 2 is 1.96 bits per heavy atom. The number of benzene rings is 2. The molecule has 0 aromatic heterocycles. The lowest BCUT2D eigenvalue weighted by Gasteiger charge is -2.17. The fraction of sp³-hybridized carbons (Fsp3) is 0.368. The van der Waals surface area contributed by atoms with Gasteiger partial charge in [0.25, 0.3) is 0 Å². The lowest BCUT2D eigenvalue weighted by Crippen LogP contribution is -2.21. The average Bonchev–Trinajstić information content (AvgIpc) is 2.87. The predicted octanol–water partition coefficient (Wildman–Crippen LogP) is 2.68. The monoisotopic (exact) mass is 329 g/mol. The second kappa shape index (κ2) is 8.04. The van der Waals surface area contributed by atoms with Crippen LogP contribution in [0.5, 0.6) is 17.2 Å². The number of ether oxygens (including phenoxy) is 3. The highest BCUT2D eigenvalue weighted by molar-refractivity contribution is 5.47. The largest absolute Gasteiger partial charge is 0.496 e. The van der Waals surface area contributed by atoms with Crippen LogP contribution in [0.3, 0.4) is 0 Å². The highest BCUT2D eigenvalue weighted by atomic mass is 16.5. The van der Waals surface area contributed by atoms with Gasteiger partial charge in [-0.3, -0.25) is 0 Å². The van der Waals surface area contributed by atoms with Crippen molar-refractivity contribution in [1.82, 2.24) is 5.32 Å². The first kappa shape index (κ1) is 16.6. The van der Waals surface area contributed by atoms with E-state index in [1.165, 1.54) is 0 Å². The van der Waals surface area contributed by atoms with Crippen molar-refractivity contribution < 1.29 is 19.3 Å². The summed E-state index contributed by atoms with van der Waals surface area (Å²) in [5.74, 6) is 2.28. The van der Waals surface area contributed by atoms with Crippen LogP contribution in [-0.2, 0) is 6.54 Å². The van der Waals surface area contributed by atoms with E-state index >= 15 is 0 Å². The highest BCUT2D eigenvalue weighted by Gasteiger charge is 2.16. The summed E-state index contributed by atoms with van der Waals surface area (Å²) in [6.45, 7) is 2.36. The third-order valence-corrected chi connectivity index (χ3v) is 4.00. The Morgan fingerprint density at radius 3 is 2.83 bits per heavy atom. The van der Waals surface area contributed by atoms with Gasteiger partial charge in [0.1, 0.15) is 5.75 Å². The molecule has 0 amide bonds. The molecule has 0 spiro atoms. The zero-order valence-corrected chi connectivity index (χ0v) is 13.8. The maximum Gasteiger partial charge on any atom is 0.165 e. The minimum absolute atomic E-state index is 0.422. The Bertz CT molecular complexity index is 674. The summed E-state index contributed by atoms with van der Waals surface area (Å²) in [5, 5.41) is 13.7. The molecule has 1 atom stereocenters. The lowest BCUT2D eigenvalue weighted by atomic mass is 10.1. The summed E-state index contributed by atoms with van der Waals surface area (Å²) in [6, 6.07) is 13.4. The molecule has 5 nitrogen and oxygen atoms in total. The van der Waals surface area contributed by atoms with Gasteiger partial charge in [0.2, 0.25) is 0 Å². The van der Waals surface area contributed by atoms with Crippen molar-refractivity contribution in [1.29, 1.82) is 0 Å². The van der Waals surface area contributed by atoms with Crippen LogP contribution in [0.4, 0.5) is 0 Å². The van der Waals surface area contributed by atoms with Gasteiger partial charge in [-0.05, 0) is 12.1 Å². The Labute approximate surface area is 142 Å². The van der Waals surface area contributed by atoms with Crippen LogP contribution >= 0.6 is 0 Å². The summed E-state index contributed by atoms with van der Waals surface area (Å²) in [4.78, 5) is 0. The second-order valence-electron chi connectivity index (χ2n) is 5.68. The summed E-state index contributed by atoms with van der Waals surface area (Å²) in [5.41, 5.74) is 1.81. The summed E-state index contributed by atoms with van der Waals surface area (Å²) in [7, 11) is 1.61. The molecule has 1 aliphatic heterocycles. The molecule has 0 saturated carbocycles. The fourth-order valence-electron chi connectivity index (χ4n) is 2.79. The van der Waals surface area contributed by atoms with E-state index in [9.17, 15) is 5.11 Å². The van der Waals surface area contributed by atoms with Crippen LogP contribution in [-0.4, -0.2) is 32.0 Å². The Balaban J connectivity index is 1.62. The lowest BCUT2D eigenvalue weighted by molar-refractivity contribution is 0.170. The normalized spacial score (nSPS) is 14.8. The maximum absolute atomic E-state index is 10.4. The minimum atomic E-state index is -0.638. The zero-order chi connectivity index (χ0) is 16.8.